The lowest BCUT2D eigenvalue weighted by atomic mass is 9.97. The van der Waals surface area contributed by atoms with Gasteiger partial charge in [-0.15, -0.1) is 0 Å². The van der Waals surface area contributed by atoms with Crippen LogP contribution in [-0.2, 0) is 0 Å². The number of nitrogens with one attached hydrogen (secondary N) is 1. The second kappa shape index (κ2) is 4.88. The zero-order valence-electron chi connectivity index (χ0n) is 10.8. The van der Waals surface area contributed by atoms with E-state index in [1.165, 1.54) is 12.1 Å². The number of amides is 1. The standard InChI is InChI=1S/C14H20N2O2/c1-8-3-6-13(9(8)2)16-14(18)11-7-10(17)4-5-12(11)15/h4-5,7-9,13,17H,3,6,15H2,1-2H3,(H,16,18). The Morgan fingerprint density at radius 1 is 1.39 bits per heavy atom. The van der Waals surface area contributed by atoms with E-state index >= 15 is 0 Å². The highest BCUT2D eigenvalue weighted by Crippen LogP contribution is 2.31. The summed E-state index contributed by atoms with van der Waals surface area (Å²) in [6, 6.07) is 4.64. The molecule has 0 radical (unpaired) electrons. The molecular weight excluding hydrogens is 228 g/mol. The van der Waals surface area contributed by atoms with E-state index in [0.29, 0.717) is 23.1 Å². The van der Waals surface area contributed by atoms with Crippen molar-refractivity contribution >= 4 is 11.6 Å². The minimum absolute atomic E-state index is 0.0576. The SMILES string of the molecule is CC1CCC(NC(=O)c2cc(O)ccc2N)C1C. The quantitative estimate of drug-likeness (QED) is 0.554. The number of phenols is 1. The summed E-state index contributed by atoms with van der Waals surface area (Å²) in [7, 11) is 0. The van der Waals surface area contributed by atoms with Crippen LogP contribution in [0.1, 0.15) is 37.0 Å². The smallest absolute Gasteiger partial charge is 0.253 e. The Bertz CT molecular complexity index is 459. The molecule has 1 fully saturated rings. The fraction of sp³-hybridized carbons (Fsp3) is 0.500. The largest absolute Gasteiger partial charge is 0.508 e. The highest BCUT2D eigenvalue weighted by atomic mass is 16.3. The summed E-state index contributed by atoms with van der Waals surface area (Å²) in [6.45, 7) is 4.37. The van der Waals surface area contributed by atoms with E-state index in [-0.39, 0.29) is 17.7 Å². The molecule has 1 aliphatic carbocycles. The summed E-state index contributed by atoms with van der Waals surface area (Å²) in [5.74, 6) is 0.973. The molecule has 1 saturated carbocycles. The fourth-order valence-electron chi connectivity index (χ4n) is 2.56. The van der Waals surface area contributed by atoms with Gasteiger partial charge in [0.15, 0.2) is 0 Å². The van der Waals surface area contributed by atoms with Crippen LogP contribution in [0.25, 0.3) is 0 Å². The van der Waals surface area contributed by atoms with Crippen molar-refractivity contribution < 1.29 is 9.90 Å². The Kier molecular flexibility index (Phi) is 3.45. The van der Waals surface area contributed by atoms with E-state index < -0.39 is 0 Å². The molecule has 4 nitrogen and oxygen atoms in total. The third-order valence-corrected chi connectivity index (χ3v) is 4.06. The van der Waals surface area contributed by atoms with Crippen LogP contribution < -0.4 is 11.1 Å². The maximum atomic E-state index is 12.1. The average Bonchev–Trinajstić information content (AvgIpc) is 2.64. The molecule has 0 aromatic heterocycles. The van der Waals surface area contributed by atoms with Crippen LogP contribution in [0, 0.1) is 11.8 Å². The molecule has 0 spiro atoms. The van der Waals surface area contributed by atoms with Gasteiger partial charge in [0.25, 0.3) is 5.91 Å². The van der Waals surface area contributed by atoms with Gasteiger partial charge in [-0.2, -0.15) is 0 Å². The van der Waals surface area contributed by atoms with Crippen molar-refractivity contribution in [3.05, 3.63) is 23.8 Å². The molecule has 0 bridgehead atoms. The van der Waals surface area contributed by atoms with Gasteiger partial charge in [-0.3, -0.25) is 4.79 Å². The van der Waals surface area contributed by atoms with E-state index in [4.69, 9.17) is 5.73 Å². The first-order chi connectivity index (χ1) is 8.49. The Hall–Kier alpha value is -1.71. The topological polar surface area (TPSA) is 75.3 Å². The second-order valence-electron chi connectivity index (χ2n) is 5.27. The average molecular weight is 248 g/mol. The summed E-state index contributed by atoms with van der Waals surface area (Å²) >= 11 is 0. The molecular formula is C14H20N2O2. The van der Waals surface area contributed by atoms with Crippen molar-refractivity contribution in [2.75, 3.05) is 5.73 Å². The number of carbonyl (C=O) groups is 1. The lowest BCUT2D eigenvalue weighted by molar-refractivity contribution is 0.0928. The first-order valence-corrected chi connectivity index (χ1v) is 6.38. The van der Waals surface area contributed by atoms with Crippen molar-refractivity contribution in [2.45, 2.75) is 32.7 Å². The van der Waals surface area contributed by atoms with Crippen LogP contribution in [0.2, 0.25) is 0 Å². The van der Waals surface area contributed by atoms with Crippen LogP contribution >= 0.6 is 0 Å². The lowest BCUT2D eigenvalue weighted by Crippen LogP contribution is -2.37. The third kappa shape index (κ3) is 2.42. The molecule has 4 heteroatoms. The third-order valence-electron chi connectivity index (χ3n) is 4.06. The van der Waals surface area contributed by atoms with Crippen molar-refractivity contribution in [2.24, 2.45) is 11.8 Å². The molecule has 98 valence electrons. The van der Waals surface area contributed by atoms with E-state index in [0.717, 1.165) is 12.8 Å². The Balaban J connectivity index is 2.10. The van der Waals surface area contributed by atoms with Crippen molar-refractivity contribution in [3.63, 3.8) is 0 Å². The Morgan fingerprint density at radius 3 is 2.72 bits per heavy atom. The van der Waals surface area contributed by atoms with Crippen molar-refractivity contribution in [1.82, 2.24) is 5.32 Å². The van der Waals surface area contributed by atoms with E-state index in [1.807, 2.05) is 0 Å². The van der Waals surface area contributed by atoms with Gasteiger partial charge in [0.05, 0.1) is 5.56 Å². The molecule has 0 aliphatic heterocycles. The van der Waals surface area contributed by atoms with Gasteiger partial charge >= 0.3 is 0 Å². The molecule has 3 unspecified atom stereocenters. The summed E-state index contributed by atoms with van der Waals surface area (Å²) in [6.07, 6.45) is 2.15. The molecule has 0 saturated heterocycles. The fourth-order valence-corrected chi connectivity index (χ4v) is 2.56. The molecule has 3 atom stereocenters. The molecule has 2 rings (SSSR count). The monoisotopic (exact) mass is 248 g/mol. The summed E-state index contributed by atoms with van der Waals surface area (Å²) in [4.78, 5) is 12.1. The first kappa shape index (κ1) is 12.7. The predicted molar refractivity (Wildman–Crippen MR) is 71.3 cm³/mol. The van der Waals surface area contributed by atoms with Gasteiger partial charge in [0, 0.05) is 11.7 Å². The highest BCUT2D eigenvalue weighted by Gasteiger charge is 2.31. The summed E-state index contributed by atoms with van der Waals surface area (Å²) in [5, 5.41) is 12.4. The number of rotatable bonds is 2. The molecule has 4 N–H and O–H groups in total. The number of anilines is 1. The number of aromatic hydroxyl groups is 1. The van der Waals surface area contributed by atoms with Gasteiger partial charge in [0.1, 0.15) is 5.75 Å². The van der Waals surface area contributed by atoms with Crippen LogP contribution in [0.5, 0.6) is 5.75 Å². The number of carbonyl (C=O) groups excluding carboxylic acids is 1. The molecule has 1 aliphatic rings. The Morgan fingerprint density at radius 2 is 2.11 bits per heavy atom. The Labute approximate surface area is 107 Å². The van der Waals surface area contributed by atoms with Gasteiger partial charge in [-0.05, 0) is 42.9 Å². The van der Waals surface area contributed by atoms with Gasteiger partial charge in [0.2, 0.25) is 0 Å². The zero-order chi connectivity index (χ0) is 13.3. The van der Waals surface area contributed by atoms with E-state index in [1.54, 1.807) is 6.07 Å². The number of nitrogens with two attached hydrogens (primary N) is 1. The minimum Gasteiger partial charge on any atom is -0.508 e. The lowest BCUT2D eigenvalue weighted by Gasteiger charge is -2.20. The maximum absolute atomic E-state index is 12.1. The van der Waals surface area contributed by atoms with Crippen molar-refractivity contribution in [3.8, 4) is 5.75 Å². The van der Waals surface area contributed by atoms with Gasteiger partial charge in [-0.25, -0.2) is 0 Å². The predicted octanol–water partition coefficient (Wildman–Crippen LogP) is 2.14. The van der Waals surface area contributed by atoms with Gasteiger partial charge < -0.3 is 16.2 Å². The number of benzene rings is 1. The number of nitrogen functional groups attached to an aromatic ring is 1. The number of hydrogen-bond donors (Lipinski definition) is 3. The van der Waals surface area contributed by atoms with Gasteiger partial charge in [-0.1, -0.05) is 13.8 Å². The molecule has 1 aromatic rings. The molecule has 1 amide bonds. The maximum Gasteiger partial charge on any atom is 0.253 e. The molecule has 18 heavy (non-hydrogen) atoms. The number of phenolic OH excluding ortho intramolecular Hbond substituents is 1. The minimum atomic E-state index is -0.200. The molecule has 0 heterocycles. The van der Waals surface area contributed by atoms with Crippen LogP contribution in [0.3, 0.4) is 0 Å². The summed E-state index contributed by atoms with van der Waals surface area (Å²) < 4.78 is 0. The highest BCUT2D eigenvalue weighted by molar-refractivity contribution is 5.99. The van der Waals surface area contributed by atoms with E-state index in [2.05, 4.69) is 19.2 Å². The van der Waals surface area contributed by atoms with Crippen LogP contribution in [-0.4, -0.2) is 17.1 Å². The zero-order valence-corrected chi connectivity index (χ0v) is 10.8. The second-order valence-corrected chi connectivity index (χ2v) is 5.27. The molecule has 1 aromatic carbocycles. The normalized spacial score (nSPS) is 27.1. The van der Waals surface area contributed by atoms with E-state index in [9.17, 15) is 9.90 Å². The number of hydrogen-bond acceptors (Lipinski definition) is 3. The first-order valence-electron chi connectivity index (χ1n) is 6.38. The summed E-state index contributed by atoms with van der Waals surface area (Å²) in [5.41, 5.74) is 6.50. The van der Waals surface area contributed by atoms with Crippen molar-refractivity contribution in [1.29, 1.82) is 0 Å². The van der Waals surface area contributed by atoms with Crippen LogP contribution in [0.4, 0.5) is 5.69 Å². The van der Waals surface area contributed by atoms with Crippen LogP contribution in [0.15, 0.2) is 18.2 Å².